The summed E-state index contributed by atoms with van der Waals surface area (Å²) < 4.78 is 1.84. The van der Waals surface area contributed by atoms with Crippen molar-refractivity contribution in [3.8, 4) is 0 Å². The van der Waals surface area contributed by atoms with Gasteiger partial charge in [-0.15, -0.1) is 0 Å². The van der Waals surface area contributed by atoms with Crippen molar-refractivity contribution in [2.45, 2.75) is 10.1 Å². The highest BCUT2D eigenvalue weighted by molar-refractivity contribution is 9.10. The fraction of sp³-hybridized carbons (Fsp3) is 0. The SMILES string of the molecule is Brc1ccc(Sc2ncncc2Br)nc1. The first kappa shape index (κ1) is 11.0. The lowest BCUT2D eigenvalue weighted by atomic mass is 10.5. The summed E-state index contributed by atoms with van der Waals surface area (Å²) in [5.74, 6) is 0. The van der Waals surface area contributed by atoms with Crippen LogP contribution < -0.4 is 0 Å². The van der Waals surface area contributed by atoms with Crippen LogP contribution in [0.25, 0.3) is 0 Å². The molecular weight excluding hydrogens is 342 g/mol. The molecule has 2 rings (SSSR count). The molecular formula is C9H5Br2N3S. The van der Waals surface area contributed by atoms with Crippen molar-refractivity contribution >= 4 is 43.6 Å². The summed E-state index contributed by atoms with van der Waals surface area (Å²) in [6, 6.07) is 3.88. The van der Waals surface area contributed by atoms with Gasteiger partial charge in [0.05, 0.1) is 4.47 Å². The molecule has 0 aliphatic heterocycles. The van der Waals surface area contributed by atoms with Gasteiger partial charge in [0.1, 0.15) is 16.4 Å². The second-order valence-electron chi connectivity index (χ2n) is 2.59. The Hall–Kier alpha value is -0.460. The summed E-state index contributed by atoms with van der Waals surface area (Å²) in [4.78, 5) is 12.3. The lowest BCUT2D eigenvalue weighted by molar-refractivity contribution is 1.02. The molecule has 0 aromatic carbocycles. The molecule has 2 aromatic heterocycles. The molecule has 0 radical (unpaired) electrons. The zero-order valence-corrected chi connectivity index (χ0v) is 11.4. The van der Waals surface area contributed by atoms with E-state index in [1.165, 1.54) is 18.1 Å². The van der Waals surface area contributed by atoms with Crippen molar-refractivity contribution in [2.75, 3.05) is 0 Å². The van der Waals surface area contributed by atoms with Gasteiger partial charge < -0.3 is 0 Å². The summed E-state index contributed by atoms with van der Waals surface area (Å²) in [5.41, 5.74) is 0. The van der Waals surface area contributed by atoms with E-state index in [1.54, 1.807) is 12.4 Å². The Morgan fingerprint density at radius 3 is 2.60 bits per heavy atom. The Morgan fingerprint density at radius 1 is 1.07 bits per heavy atom. The molecule has 76 valence electrons. The first-order valence-electron chi connectivity index (χ1n) is 4.00. The van der Waals surface area contributed by atoms with Crippen LogP contribution in [0.3, 0.4) is 0 Å². The number of hydrogen-bond donors (Lipinski definition) is 0. The molecule has 3 nitrogen and oxygen atoms in total. The smallest absolute Gasteiger partial charge is 0.120 e. The number of halogens is 2. The first-order chi connectivity index (χ1) is 7.25. The highest BCUT2D eigenvalue weighted by Crippen LogP contribution is 2.29. The van der Waals surface area contributed by atoms with E-state index in [0.29, 0.717) is 0 Å². The fourth-order valence-electron chi connectivity index (χ4n) is 0.898. The highest BCUT2D eigenvalue weighted by atomic mass is 79.9. The molecule has 0 atom stereocenters. The van der Waals surface area contributed by atoms with Crippen molar-refractivity contribution in [3.63, 3.8) is 0 Å². The van der Waals surface area contributed by atoms with Crippen LogP contribution in [0, 0.1) is 0 Å². The van der Waals surface area contributed by atoms with Crippen molar-refractivity contribution in [2.24, 2.45) is 0 Å². The van der Waals surface area contributed by atoms with Crippen LogP contribution in [0.2, 0.25) is 0 Å². The van der Waals surface area contributed by atoms with Crippen LogP contribution >= 0.6 is 43.6 Å². The summed E-state index contributed by atoms with van der Waals surface area (Å²) >= 11 is 8.22. The van der Waals surface area contributed by atoms with Crippen LogP contribution in [0.4, 0.5) is 0 Å². The predicted octanol–water partition coefficient (Wildman–Crippen LogP) is 3.55. The molecule has 0 N–H and O–H groups in total. The molecule has 6 heteroatoms. The maximum absolute atomic E-state index is 4.25. The number of pyridine rings is 1. The van der Waals surface area contributed by atoms with E-state index in [-0.39, 0.29) is 0 Å². The molecule has 15 heavy (non-hydrogen) atoms. The van der Waals surface area contributed by atoms with Gasteiger partial charge in [-0.05, 0) is 55.8 Å². The standard InChI is InChI=1S/C9H5Br2N3S/c10-6-1-2-8(13-3-6)15-9-7(11)4-12-5-14-9/h1-5H. The highest BCUT2D eigenvalue weighted by Gasteiger charge is 2.04. The second-order valence-corrected chi connectivity index (χ2v) is 5.37. The average molecular weight is 347 g/mol. The molecule has 0 unspecified atom stereocenters. The van der Waals surface area contributed by atoms with Crippen molar-refractivity contribution < 1.29 is 0 Å². The van der Waals surface area contributed by atoms with E-state index in [4.69, 9.17) is 0 Å². The number of hydrogen-bond acceptors (Lipinski definition) is 4. The minimum absolute atomic E-state index is 0.861. The van der Waals surface area contributed by atoms with Gasteiger partial charge in [0.25, 0.3) is 0 Å². The first-order valence-corrected chi connectivity index (χ1v) is 6.41. The minimum Gasteiger partial charge on any atom is -0.248 e. The summed E-state index contributed by atoms with van der Waals surface area (Å²) in [7, 11) is 0. The Labute approximate surface area is 108 Å². The molecule has 0 aliphatic carbocycles. The molecule has 2 heterocycles. The maximum atomic E-state index is 4.25. The van der Waals surface area contributed by atoms with Crippen LogP contribution in [-0.4, -0.2) is 15.0 Å². The van der Waals surface area contributed by atoms with Crippen LogP contribution in [-0.2, 0) is 0 Å². The third kappa shape index (κ3) is 2.99. The fourth-order valence-corrected chi connectivity index (χ4v) is 2.29. The van der Waals surface area contributed by atoms with Gasteiger partial charge in [-0.1, -0.05) is 0 Å². The average Bonchev–Trinajstić information content (AvgIpc) is 2.25. The monoisotopic (exact) mass is 345 g/mol. The second kappa shape index (κ2) is 5.05. The number of rotatable bonds is 2. The molecule has 0 saturated carbocycles. The minimum atomic E-state index is 0.861. The topological polar surface area (TPSA) is 38.7 Å². The summed E-state index contributed by atoms with van der Waals surface area (Å²) in [6.45, 7) is 0. The van der Waals surface area contributed by atoms with Crippen LogP contribution in [0.15, 0.2) is 49.9 Å². The van der Waals surface area contributed by atoms with Crippen molar-refractivity contribution in [1.29, 1.82) is 0 Å². The third-order valence-electron chi connectivity index (χ3n) is 1.54. The van der Waals surface area contributed by atoms with Gasteiger partial charge >= 0.3 is 0 Å². The normalized spacial score (nSPS) is 10.3. The quantitative estimate of drug-likeness (QED) is 0.779. The van der Waals surface area contributed by atoms with Gasteiger partial charge in [-0.3, -0.25) is 0 Å². The van der Waals surface area contributed by atoms with Gasteiger partial charge in [-0.2, -0.15) is 0 Å². The molecule has 0 saturated heterocycles. The van der Waals surface area contributed by atoms with Gasteiger partial charge in [0.15, 0.2) is 0 Å². The van der Waals surface area contributed by atoms with Crippen LogP contribution in [0.5, 0.6) is 0 Å². The zero-order chi connectivity index (χ0) is 10.7. The molecule has 0 amide bonds. The molecule has 0 aliphatic rings. The van der Waals surface area contributed by atoms with E-state index in [0.717, 1.165) is 19.0 Å². The molecule has 2 aromatic rings. The summed E-state index contributed by atoms with van der Waals surface area (Å²) in [5, 5.41) is 1.76. The number of aromatic nitrogens is 3. The Bertz CT molecular complexity index is 461. The Kier molecular flexibility index (Phi) is 3.71. The Morgan fingerprint density at radius 2 is 1.93 bits per heavy atom. The van der Waals surface area contributed by atoms with E-state index in [9.17, 15) is 0 Å². The van der Waals surface area contributed by atoms with E-state index in [2.05, 4.69) is 46.8 Å². The molecule has 0 fully saturated rings. The maximum Gasteiger partial charge on any atom is 0.120 e. The number of nitrogens with zero attached hydrogens (tertiary/aromatic N) is 3. The van der Waals surface area contributed by atoms with E-state index >= 15 is 0 Å². The zero-order valence-electron chi connectivity index (χ0n) is 7.39. The van der Waals surface area contributed by atoms with Crippen LogP contribution in [0.1, 0.15) is 0 Å². The summed E-state index contributed by atoms with van der Waals surface area (Å²) in [6.07, 6.45) is 5.00. The van der Waals surface area contributed by atoms with Crippen molar-refractivity contribution in [1.82, 2.24) is 15.0 Å². The molecule has 0 bridgehead atoms. The van der Waals surface area contributed by atoms with Gasteiger partial charge in [0, 0.05) is 16.9 Å². The lowest BCUT2D eigenvalue weighted by Crippen LogP contribution is -1.85. The predicted molar refractivity (Wildman–Crippen MR) is 65.8 cm³/mol. The Balaban J connectivity index is 2.22. The van der Waals surface area contributed by atoms with Gasteiger partial charge in [0.2, 0.25) is 0 Å². The largest absolute Gasteiger partial charge is 0.248 e. The van der Waals surface area contributed by atoms with E-state index < -0.39 is 0 Å². The van der Waals surface area contributed by atoms with E-state index in [1.807, 2.05) is 12.1 Å². The third-order valence-corrected chi connectivity index (χ3v) is 3.82. The van der Waals surface area contributed by atoms with Crippen molar-refractivity contribution in [3.05, 3.63) is 39.8 Å². The van der Waals surface area contributed by atoms with Gasteiger partial charge in [-0.25, -0.2) is 15.0 Å². The molecule has 0 spiro atoms. The lowest BCUT2D eigenvalue weighted by Gasteiger charge is -2.01.